The van der Waals surface area contributed by atoms with Gasteiger partial charge >= 0.3 is 0 Å². The summed E-state index contributed by atoms with van der Waals surface area (Å²) in [6, 6.07) is 18.0. The van der Waals surface area contributed by atoms with E-state index in [4.69, 9.17) is 16.0 Å². The molecule has 0 unspecified atom stereocenters. The molecule has 1 saturated heterocycles. The largest absolute Gasteiger partial charge is 0.441 e. The topological polar surface area (TPSA) is 46.3 Å². The first kappa shape index (κ1) is 18.8. The van der Waals surface area contributed by atoms with Crippen molar-refractivity contribution in [1.82, 2.24) is 9.88 Å². The fourth-order valence-electron chi connectivity index (χ4n) is 3.73. The Bertz CT molecular complexity index is 913. The summed E-state index contributed by atoms with van der Waals surface area (Å²) in [5, 5.41) is 0.685. The van der Waals surface area contributed by atoms with Crippen LogP contribution in [0.2, 0.25) is 5.02 Å². The summed E-state index contributed by atoms with van der Waals surface area (Å²) in [7, 11) is 0. The zero-order valence-electron chi connectivity index (χ0n) is 15.7. The van der Waals surface area contributed by atoms with Crippen molar-refractivity contribution in [2.75, 3.05) is 13.1 Å². The molecule has 1 amide bonds. The zero-order valence-corrected chi connectivity index (χ0v) is 16.4. The molecule has 0 N–H and O–H groups in total. The minimum atomic E-state index is 0.178. The van der Waals surface area contributed by atoms with Crippen molar-refractivity contribution in [1.29, 1.82) is 0 Å². The molecule has 0 aliphatic carbocycles. The van der Waals surface area contributed by atoms with E-state index in [1.165, 1.54) is 5.56 Å². The first-order valence-corrected chi connectivity index (χ1v) is 10.1. The Morgan fingerprint density at radius 3 is 2.50 bits per heavy atom. The molecule has 28 heavy (non-hydrogen) atoms. The van der Waals surface area contributed by atoms with E-state index >= 15 is 0 Å². The van der Waals surface area contributed by atoms with Gasteiger partial charge < -0.3 is 9.32 Å². The number of aromatic nitrogens is 1. The molecule has 0 spiro atoms. The average Bonchev–Trinajstić information content (AvgIpc) is 3.22. The number of carbonyl (C=O) groups excluding carboxylic acids is 1. The minimum absolute atomic E-state index is 0.178. The quantitative estimate of drug-likeness (QED) is 0.587. The molecule has 4 nitrogen and oxygen atoms in total. The second-order valence-corrected chi connectivity index (χ2v) is 7.63. The highest BCUT2D eigenvalue weighted by molar-refractivity contribution is 6.30. The second kappa shape index (κ2) is 8.61. The van der Waals surface area contributed by atoms with E-state index in [0.717, 1.165) is 31.5 Å². The van der Waals surface area contributed by atoms with Crippen molar-refractivity contribution in [2.24, 2.45) is 0 Å². The first-order valence-electron chi connectivity index (χ1n) is 9.72. The van der Waals surface area contributed by atoms with E-state index in [-0.39, 0.29) is 5.91 Å². The monoisotopic (exact) mass is 394 g/mol. The maximum atomic E-state index is 12.6. The van der Waals surface area contributed by atoms with Crippen molar-refractivity contribution >= 4 is 17.5 Å². The standard InChI is InChI=1S/C23H23ClN2O2/c24-20-8-6-19(7-9-20)21-16-25-22(28-21)10-11-23(27)26-14-12-18(13-15-26)17-4-2-1-3-5-17/h1-9,16,18H,10-15H2. The predicted molar refractivity (Wildman–Crippen MR) is 110 cm³/mol. The molecule has 0 radical (unpaired) electrons. The van der Waals surface area contributed by atoms with Crippen LogP contribution >= 0.6 is 11.6 Å². The summed E-state index contributed by atoms with van der Waals surface area (Å²) in [4.78, 5) is 18.9. The van der Waals surface area contributed by atoms with Crippen LogP contribution in [0.1, 0.15) is 36.6 Å². The zero-order chi connectivity index (χ0) is 19.3. The number of carbonyl (C=O) groups is 1. The fraction of sp³-hybridized carbons (Fsp3) is 0.304. The van der Waals surface area contributed by atoms with E-state index in [1.54, 1.807) is 6.20 Å². The van der Waals surface area contributed by atoms with Gasteiger partial charge in [-0.25, -0.2) is 4.98 Å². The van der Waals surface area contributed by atoms with Crippen molar-refractivity contribution in [2.45, 2.75) is 31.6 Å². The normalized spacial score (nSPS) is 15.0. The van der Waals surface area contributed by atoms with Crippen molar-refractivity contribution in [3.8, 4) is 11.3 Å². The van der Waals surface area contributed by atoms with Crippen LogP contribution in [0.5, 0.6) is 0 Å². The summed E-state index contributed by atoms with van der Waals surface area (Å²) >= 11 is 5.92. The average molecular weight is 395 g/mol. The Morgan fingerprint density at radius 2 is 1.79 bits per heavy atom. The molecule has 0 atom stereocenters. The summed E-state index contributed by atoms with van der Waals surface area (Å²) < 4.78 is 5.80. The van der Waals surface area contributed by atoms with Gasteiger partial charge in [0.25, 0.3) is 0 Å². The third kappa shape index (κ3) is 4.45. The highest BCUT2D eigenvalue weighted by Gasteiger charge is 2.23. The maximum Gasteiger partial charge on any atom is 0.223 e. The number of likely N-dealkylation sites (tertiary alicyclic amines) is 1. The van der Waals surface area contributed by atoms with Crippen LogP contribution in [0.4, 0.5) is 0 Å². The van der Waals surface area contributed by atoms with Gasteiger partial charge in [0.2, 0.25) is 5.91 Å². The molecule has 3 aromatic rings. The van der Waals surface area contributed by atoms with E-state index in [2.05, 4.69) is 29.2 Å². The van der Waals surface area contributed by atoms with Crippen LogP contribution < -0.4 is 0 Å². The highest BCUT2D eigenvalue weighted by atomic mass is 35.5. The van der Waals surface area contributed by atoms with E-state index < -0.39 is 0 Å². The number of halogens is 1. The number of benzene rings is 2. The van der Waals surface area contributed by atoms with Crippen LogP contribution in [-0.2, 0) is 11.2 Å². The Hall–Kier alpha value is -2.59. The van der Waals surface area contributed by atoms with E-state index in [9.17, 15) is 4.79 Å². The second-order valence-electron chi connectivity index (χ2n) is 7.19. The van der Waals surface area contributed by atoms with Gasteiger partial charge in [-0.3, -0.25) is 4.79 Å². The van der Waals surface area contributed by atoms with Gasteiger partial charge in [-0.1, -0.05) is 41.9 Å². The lowest BCUT2D eigenvalue weighted by molar-refractivity contribution is -0.132. The van der Waals surface area contributed by atoms with E-state index in [0.29, 0.717) is 35.4 Å². The van der Waals surface area contributed by atoms with E-state index in [1.807, 2.05) is 35.2 Å². The summed E-state index contributed by atoms with van der Waals surface area (Å²) in [5.41, 5.74) is 2.31. The van der Waals surface area contributed by atoms with Gasteiger partial charge in [0, 0.05) is 36.5 Å². The van der Waals surface area contributed by atoms with Crippen LogP contribution in [0.25, 0.3) is 11.3 Å². The SMILES string of the molecule is O=C(CCc1ncc(-c2ccc(Cl)cc2)o1)N1CCC(c2ccccc2)CC1. The van der Waals surface area contributed by atoms with Gasteiger partial charge in [-0.05, 0) is 48.6 Å². The molecule has 1 fully saturated rings. The van der Waals surface area contributed by atoms with Crippen LogP contribution in [-0.4, -0.2) is 28.9 Å². The molecule has 5 heteroatoms. The number of nitrogens with zero attached hydrogens (tertiary/aromatic N) is 2. The van der Waals surface area contributed by atoms with Gasteiger partial charge in [-0.2, -0.15) is 0 Å². The van der Waals surface area contributed by atoms with Crippen molar-refractivity contribution in [3.05, 3.63) is 77.3 Å². The molecule has 144 valence electrons. The number of amides is 1. The maximum absolute atomic E-state index is 12.6. The Kier molecular flexibility index (Phi) is 5.77. The minimum Gasteiger partial charge on any atom is -0.441 e. The third-order valence-electron chi connectivity index (χ3n) is 5.35. The van der Waals surface area contributed by atoms with Crippen LogP contribution in [0.15, 0.2) is 65.2 Å². The van der Waals surface area contributed by atoms with Gasteiger partial charge in [0.1, 0.15) is 0 Å². The molecule has 0 saturated carbocycles. The number of hydrogen-bond donors (Lipinski definition) is 0. The molecule has 2 heterocycles. The van der Waals surface area contributed by atoms with Gasteiger partial charge in [0.15, 0.2) is 11.7 Å². The summed E-state index contributed by atoms with van der Waals surface area (Å²) in [6.45, 7) is 1.64. The highest BCUT2D eigenvalue weighted by Crippen LogP contribution is 2.28. The lowest BCUT2D eigenvalue weighted by Gasteiger charge is -2.32. The molecule has 0 bridgehead atoms. The Morgan fingerprint density at radius 1 is 1.07 bits per heavy atom. The number of hydrogen-bond acceptors (Lipinski definition) is 3. The molecule has 1 aliphatic heterocycles. The Balaban J connectivity index is 1.28. The summed E-state index contributed by atoms with van der Waals surface area (Å²) in [5.74, 6) is 2.02. The Labute approximate surface area is 170 Å². The molecule has 2 aromatic carbocycles. The fourth-order valence-corrected chi connectivity index (χ4v) is 3.86. The smallest absolute Gasteiger partial charge is 0.223 e. The number of aryl methyl sites for hydroxylation is 1. The molecular weight excluding hydrogens is 372 g/mol. The lowest BCUT2D eigenvalue weighted by Crippen LogP contribution is -2.38. The van der Waals surface area contributed by atoms with Crippen LogP contribution in [0.3, 0.4) is 0 Å². The predicted octanol–water partition coefficient (Wildman–Crippen LogP) is 5.33. The van der Waals surface area contributed by atoms with Gasteiger partial charge in [0.05, 0.1) is 6.20 Å². The molecule has 1 aliphatic rings. The lowest BCUT2D eigenvalue weighted by atomic mass is 9.89. The molecular formula is C23H23ClN2O2. The molecule has 1 aromatic heterocycles. The van der Waals surface area contributed by atoms with Crippen LogP contribution in [0, 0.1) is 0 Å². The van der Waals surface area contributed by atoms with Crippen molar-refractivity contribution in [3.63, 3.8) is 0 Å². The molecule has 4 rings (SSSR count). The third-order valence-corrected chi connectivity index (χ3v) is 5.61. The first-order chi connectivity index (χ1) is 13.7. The van der Waals surface area contributed by atoms with Crippen molar-refractivity contribution < 1.29 is 9.21 Å². The number of piperidine rings is 1. The number of rotatable bonds is 5. The number of oxazole rings is 1. The van der Waals surface area contributed by atoms with Gasteiger partial charge in [-0.15, -0.1) is 0 Å². The summed E-state index contributed by atoms with van der Waals surface area (Å²) in [6.07, 6.45) is 4.70.